The van der Waals surface area contributed by atoms with E-state index in [2.05, 4.69) is 4.98 Å². The Bertz CT molecular complexity index is 287. The van der Waals surface area contributed by atoms with Gasteiger partial charge in [-0.3, -0.25) is 4.21 Å². The van der Waals surface area contributed by atoms with Gasteiger partial charge in [-0.25, -0.2) is 4.98 Å². The second-order valence-electron chi connectivity index (χ2n) is 3.63. The summed E-state index contributed by atoms with van der Waals surface area (Å²) < 4.78 is 13.7. The maximum atomic E-state index is 11.7. The van der Waals surface area contributed by atoms with Crippen LogP contribution in [0.1, 0.15) is 19.8 Å². The number of aryl methyl sites for hydroxylation is 1. The molecule has 0 saturated heterocycles. The maximum absolute atomic E-state index is 11.7. The Morgan fingerprint density at radius 1 is 1.60 bits per heavy atom. The van der Waals surface area contributed by atoms with Gasteiger partial charge in [-0.15, -0.1) is 0 Å². The molecule has 0 saturated carbocycles. The minimum Gasteiger partial charge on any atom is -0.337 e. The van der Waals surface area contributed by atoms with Gasteiger partial charge in [0, 0.05) is 40.7 Å². The third-order valence-corrected chi connectivity index (χ3v) is 4.17. The standard InChI is InChI=1S/C10H19N3OS/c1-10(3-4-11)15(14)8-2-6-13-7-5-12-9-13/h5,7,9-10H,2-4,6,8,11H2,1H3. The van der Waals surface area contributed by atoms with Crippen LogP contribution in [-0.2, 0) is 17.3 Å². The summed E-state index contributed by atoms with van der Waals surface area (Å²) in [5.74, 6) is 0.749. The molecule has 15 heavy (non-hydrogen) atoms. The van der Waals surface area contributed by atoms with E-state index in [1.165, 1.54) is 0 Å². The van der Waals surface area contributed by atoms with Crippen LogP contribution in [0.3, 0.4) is 0 Å². The summed E-state index contributed by atoms with van der Waals surface area (Å²) in [6, 6.07) is 0. The van der Waals surface area contributed by atoms with Gasteiger partial charge >= 0.3 is 0 Å². The van der Waals surface area contributed by atoms with Crippen molar-refractivity contribution in [2.75, 3.05) is 12.3 Å². The second-order valence-corrected chi connectivity index (χ2v) is 5.60. The van der Waals surface area contributed by atoms with Crippen molar-refractivity contribution in [3.63, 3.8) is 0 Å². The number of imidazole rings is 1. The van der Waals surface area contributed by atoms with Crippen molar-refractivity contribution >= 4 is 10.8 Å². The van der Waals surface area contributed by atoms with Gasteiger partial charge in [-0.1, -0.05) is 6.92 Å². The first kappa shape index (κ1) is 12.4. The van der Waals surface area contributed by atoms with Crippen molar-refractivity contribution in [1.82, 2.24) is 9.55 Å². The molecule has 5 heteroatoms. The van der Waals surface area contributed by atoms with Crippen LogP contribution in [0.5, 0.6) is 0 Å². The van der Waals surface area contributed by atoms with Crippen LogP contribution in [0, 0.1) is 0 Å². The van der Waals surface area contributed by atoms with Gasteiger partial charge in [0.15, 0.2) is 0 Å². The molecule has 0 aliphatic rings. The van der Waals surface area contributed by atoms with E-state index in [4.69, 9.17) is 5.73 Å². The summed E-state index contributed by atoms with van der Waals surface area (Å²) in [4.78, 5) is 3.96. The van der Waals surface area contributed by atoms with E-state index >= 15 is 0 Å². The Kier molecular flexibility index (Phi) is 5.57. The molecule has 0 radical (unpaired) electrons. The van der Waals surface area contributed by atoms with Crippen LogP contribution >= 0.6 is 0 Å². The lowest BCUT2D eigenvalue weighted by Gasteiger charge is -2.09. The third kappa shape index (κ3) is 4.57. The fraction of sp³-hybridized carbons (Fsp3) is 0.700. The molecule has 4 nitrogen and oxygen atoms in total. The van der Waals surface area contributed by atoms with Crippen molar-refractivity contribution < 1.29 is 4.21 Å². The minimum absolute atomic E-state index is 0.220. The van der Waals surface area contributed by atoms with E-state index in [0.717, 1.165) is 25.1 Å². The number of hydrogen-bond donors (Lipinski definition) is 1. The van der Waals surface area contributed by atoms with E-state index in [1.54, 1.807) is 12.5 Å². The Morgan fingerprint density at radius 2 is 2.40 bits per heavy atom. The molecule has 0 amide bonds. The molecule has 1 aromatic rings. The Balaban J connectivity index is 2.17. The molecule has 0 bridgehead atoms. The molecule has 2 atom stereocenters. The number of nitrogens with zero attached hydrogens (tertiary/aromatic N) is 2. The van der Waals surface area contributed by atoms with Gasteiger partial charge in [0.05, 0.1) is 6.33 Å². The van der Waals surface area contributed by atoms with E-state index < -0.39 is 10.8 Å². The van der Waals surface area contributed by atoms with Crippen LogP contribution in [0.25, 0.3) is 0 Å². The first-order chi connectivity index (χ1) is 7.24. The zero-order chi connectivity index (χ0) is 11.1. The molecule has 0 aliphatic heterocycles. The number of nitrogens with two attached hydrogens (primary N) is 1. The van der Waals surface area contributed by atoms with E-state index in [-0.39, 0.29) is 5.25 Å². The molecular formula is C10H19N3OS. The lowest BCUT2D eigenvalue weighted by atomic mass is 10.3. The van der Waals surface area contributed by atoms with Gasteiger partial charge in [0.1, 0.15) is 0 Å². The highest BCUT2D eigenvalue weighted by Gasteiger charge is 2.09. The summed E-state index contributed by atoms with van der Waals surface area (Å²) in [6.45, 7) is 3.51. The normalized spacial score (nSPS) is 15.1. The summed E-state index contributed by atoms with van der Waals surface area (Å²) in [5, 5.41) is 0.220. The van der Waals surface area contributed by atoms with Crippen molar-refractivity contribution in [3.8, 4) is 0 Å². The minimum atomic E-state index is -0.740. The molecule has 1 aromatic heterocycles. The van der Waals surface area contributed by atoms with Gasteiger partial charge in [0.25, 0.3) is 0 Å². The monoisotopic (exact) mass is 229 g/mol. The molecule has 1 heterocycles. The van der Waals surface area contributed by atoms with Crippen LogP contribution < -0.4 is 5.73 Å². The van der Waals surface area contributed by atoms with E-state index in [1.807, 2.05) is 17.7 Å². The molecule has 2 unspecified atom stereocenters. The Labute approximate surface area is 93.3 Å². The van der Waals surface area contributed by atoms with Gasteiger partial charge in [-0.05, 0) is 19.4 Å². The molecule has 2 N–H and O–H groups in total. The van der Waals surface area contributed by atoms with Gasteiger partial charge in [0.2, 0.25) is 0 Å². The molecular weight excluding hydrogens is 210 g/mol. The Morgan fingerprint density at radius 3 is 3.00 bits per heavy atom. The smallest absolute Gasteiger partial charge is 0.0945 e. The SMILES string of the molecule is CC(CCN)S(=O)CCCn1ccnc1. The lowest BCUT2D eigenvalue weighted by molar-refractivity contribution is 0.646. The van der Waals surface area contributed by atoms with E-state index in [9.17, 15) is 4.21 Å². The van der Waals surface area contributed by atoms with Crippen molar-refractivity contribution in [1.29, 1.82) is 0 Å². The van der Waals surface area contributed by atoms with Crippen LogP contribution in [0.15, 0.2) is 18.7 Å². The highest BCUT2D eigenvalue weighted by molar-refractivity contribution is 7.85. The van der Waals surface area contributed by atoms with E-state index in [0.29, 0.717) is 6.54 Å². The van der Waals surface area contributed by atoms with Crippen molar-refractivity contribution in [2.24, 2.45) is 5.73 Å². The number of aromatic nitrogens is 2. The molecule has 0 spiro atoms. The highest BCUT2D eigenvalue weighted by Crippen LogP contribution is 2.03. The van der Waals surface area contributed by atoms with Crippen LogP contribution in [-0.4, -0.2) is 31.3 Å². The topological polar surface area (TPSA) is 60.9 Å². The zero-order valence-corrected chi connectivity index (χ0v) is 9.95. The van der Waals surface area contributed by atoms with Crippen LogP contribution in [0.2, 0.25) is 0 Å². The molecule has 0 fully saturated rings. The molecule has 1 rings (SSSR count). The predicted molar refractivity (Wildman–Crippen MR) is 63.0 cm³/mol. The van der Waals surface area contributed by atoms with Gasteiger partial charge < -0.3 is 10.3 Å². The van der Waals surface area contributed by atoms with Crippen molar-refractivity contribution in [2.45, 2.75) is 31.6 Å². The average molecular weight is 229 g/mol. The largest absolute Gasteiger partial charge is 0.337 e. The molecule has 86 valence electrons. The summed E-state index contributed by atoms with van der Waals surface area (Å²) in [7, 11) is -0.740. The quantitative estimate of drug-likeness (QED) is 0.751. The maximum Gasteiger partial charge on any atom is 0.0945 e. The second kappa shape index (κ2) is 6.74. The predicted octanol–water partition coefficient (Wildman–Crippen LogP) is 0.759. The fourth-order valence-electron chi connectivity index (χ4n) is 1.38. The first-order valence-electron chi connectivity index (χ1n) is 5.27. The lowest BCUT2D eigenvalue weighted by Crippen LogP contribution is -2.18. The first-order valence-corrected chi connectivity index (χ1v) is 6.65. The third-order valence-electron chi connectivity index (χ3n) is 2.34. The van der Waals surface area contributed by atoms with Crippen molar-refractivity contribution in [3.05, 3.63) is 18.7 Å². The highest BCUT2D eigenvalue weighted by atomic mass is 32.2. The summed E-state index contributed by atoms with van der Waals surface area (Å²) >= 11 is 0. The van der Waals surface area contributed by atoms with Crippen LogP contribution in [0.4, 0.5) is 0 Å². The zero-order valence-electron chi connectivity index (χ0n) is 9.13. The Hall–Kier alpha value is -0.680. The summed E-state index contributed by atoms with van der Waals surface area (Å²) in [5.41, 5.74) is 5.43. The molecule has 0 aromatic carbocycles. The number of rotatable bonds is 7. The molecule has 0 aliphatic carbocycles. The van der Waals surface area contributed by atoms with Gasteiger partial charge in [-0.2, -0.15) is 0 Å². The summed E-state index contributed by atoms with van der Waals surface area (Å²) in [6.07, 6.45) is 7.24. The fourth-order valence-corrected chi connectivity index (χ4v) is 2.59. The number of hydrogen-bond acceptors (Lipinski definition) is 3. The average Bonchev–Trinajstić information content (AvgIpc) is 2.71.